The van der Waals surface area contributed by atoms with Gasteiger partial charge in [-0.2, -0.15) is 0 Å². The Morgan fingerprint density at radius 3 is 0.800 bits per heavy atom. The van der Waals surface area contributed by atoms with Gasteiger partial charge < -0.3 is 35.0 Å². The molecule has 6 aromatic carbocycles. The average Bonchev–Trinajstić information content (AvgIpc) is 3.06. The molecule has 0 spiro atoms. The van der Waals surface area contributed by atoms with Crippen LogP contribution in [0.15, 0.2) is 180 Å². The third-order valence-corrected chi connectivity index (χ3v) is 15.4. The molecule has 6 aromatic rings. The second-order valence-corrected chi connectivity index (χ2v) is 16.8. The summed E-state index contributed by atoms with van der Waals surface area (Å²) >= 11 is 3.47. The normalized spacial score (nSPS) is 10.0. The van der Waals surface area contributed by atoms with Gasteiger partial charge in [-0.1, -0.05) is 168 Å². The molecule has 2 N–H and O–H groups in total. The molecule has 6 rings (SSSR count). The Labute approximate surface area is 308 Å². The number of benzene rings is 6. The van der Waals surface area contributed by atoms with Gasteiger partial charge in [0.05, 0.1) is 9.79 Å². The Bertz CT molecular complexity index is 1470. The van der Waals surface area contributed by atoms with E-state index in [1.54, 1.807) is 34.9 Å². The molecule has 0 heterocycles. The Kier molecular flexibility index (Phi) is 18.2. The number of phenolic OH excluding ortho intramolecular Hbond substituents is 2. The molecule has 2 nitrogen and oxygen atoms in total. The van der Waals surface area contributed by atoms with Crippen molar-refractivity contribution in [3.05, 3.63) is 170 Å². The summed E-state index contributed by atoms with van der Waals surface area (Å²) in [5, 5.41) is 25.3. The summed E-state index contributed by atoms with van der Waals surface area (Å²) in [6.07, 6.45) is 0. The van der Waals surface area contributed by atoms with Gasteiger partial charge in [0.25, 0.3) is 0 Å². The molecule has 0 aliphatic rings. The van der Waals surface area contributed by atoms with E-state index >= 15 is 0 Å². The van der Waals surface area contributed by atoms with Crippen LogP contribution in [0.2, 0.25) is 0 Å². The molecule has 0 fully saturated rings. The van der Waals surface area contributed by atoms with Crippen LogP contribution in [0.4, 0.5) is 0 Å². The summed E-state index contributed by atoms with van der Waals surface area (Å²) in [5.41, 5.74) is 0. The van der Waals surface area contributed by atoms with E-state index in [2.05, 4.69) is 97.1 Å². The maximum absolute atomic E-state index is 10.0. The largest absolute Gasteiger partial charge is 2.00 e. The first kappa shape index (κ1) is 39.1. The monoisotopic (exact) mass is 780 g/mol. The Balaban J connectivity index is 0.000000294. The van der Waals surface area contributed by atoms with E-state index in [-0.39, 0.29) is 51.0 Å². The van der Waals surface area contributed by atoms with Crippen LogP contribution in [-0.2, 0) is 26.2 Å². The molecule has 45 heavy (non-hydrogen) atoms. The number of hydrogen-bond acceptors (Lipinski definition) is 4. The van der Waals surface area contributed by atoms with Gasteiger partial charge >= 0.3 is 26.2 Å². The zero-order valence-electron chi connectivity index (χ0n) is 24.0. The predicted molar refractivity (Wildman–Crippen MR) is 186 cm³/mol. The number of aromatic hydroxyl groups is 2. The maximum Gasteiger partial charge on any atom is 2.00 e. The van der Waals surface area contributed by atoms with Crippen molar-refractivity contribution in [1.82, 2.24) is 0 Å². The summed E-state index contributed by atoms with van der Waals surface area (Å²) in [7, 11) is -1.17. The molecule has 0 saturated carbocycles. The average molecular weight is 783 g/mol. The molecule has 0 radical (unpaired) electrons. The Morgan fingerprint density at radius 1 is 0.333 bits per heavy atom. The van der Waals surface area contributed by atoms with Crippen molar-refractivity contribution in [2.75, 3.05) is 0 Å². The van der Waals surface area contributed by atoms with Crippen molar-refractivity contribution in [2.24, 2.45) is 0 Å². The van der Waals surface area contributed by atoms with E-state index < -0.39 is 14.2 Å². The fourth-order valence-corrected chi connectivity index (χ4v) is 12.6. The van der Waals surface area contributed by atoms with Crippen LogP contribution in [0, 0.1) is 0 Å². The SMILES string of the molecule is Oc1ccccc1SP(c1ccccc1)c1ccccc1.Oc1ccccc1SP(c1ccccc1)c1ccccc1.[Cl-].[Cl-].[Zr+2]. The summed E-state index contributed by atoms with van der Waals surface area (Å²) in [6.45, 7) is 0. The number of phenols is 2. The van der Waals surface area contributed by atoms with Gasteiger partial charge in [-0.05, 0) is 45.5 Å². The summed E-state index contributed by atoms with van der Waals surface area (Å²) in [6, 6.07) is 57.0. The van der Waals surface area contributed by atoms with Crippen LogP contribution in [0.25, 0.3) is 0 Å². The van der Waals surface area contributed by atoms with E-state index in [4.69, 9.17) is 0 Å². The van der Waals surface area contributed by atoms with Crippen molar-refractivity contribution >= 4 is 58.2 Å². The molecule has 0 atom stereocenters. The second kappa shape index (κ2) is 20.9. The molecule has 0 aliphatic carbocycles. The molecular weight excluding hydrogens is 753 g/mol. The third kappa shape index (κ3) is 11.6. The van der Waals surface area contributed by atoms with Gasteiger partial charge in [0, 0.05) is 14.2 Å². The van der Waals surface area contributed by atoms with Gasteiger partial charge in [-0.25, -0.2) is 0 Å². The molecule has 226 valence electrons. The molecule has 0 aromatic heterocycles. The topological polar surface area (TPSA) is 40.5 Å². The molecule has 0 bridgehead atoms. The van der Waals surface area contributed by atoms with Crippen molar-refractivity contribution < 1.29 is 61.2 Å². The van der Waals surface area contributed by atoms with Crippen LogP contribution in [0.1, 0.15) is 0 Å². The predicted octanol–water partition coefficient (Wildman–Crippen LogP) is 3.07. The maximum atomic E-state index is 10.0. The molecule has 0 unspecified atom stereocenters. The first-order valence-electron chi connectivity index (χ1n) is 13.4. The third-order valence-electron chi connectivity index (χ3n) is 6.07. The van der Waals surface area contributed by atoms with Crippen LogP contribution < -0.4 is 46.0 Å². The number of para-hydroxylation sites is 2. The van der Waals surface area contributed by atoms with Crippen LogP contribution in [0.3, 0.4) is 0 Å². The van der Waals surface area contributed by atoms with E-state index in [1.807, 2.05) is 60.7 Å². The molecule has 0 aliphatic heterocycles. The van der Waals surface area contributed by atoms with E-state index in [9.17, 15) is 10.2 Å². The summed E-state index contributed by atoms with van der Waals surface area (Å²) in [5.74, 6) is 0.698. The second-order valence-electron chi connectivity index (χ2n) is 9.05. The Hall–Kier alpha value is -2.06. The minimum Gasteiger partial charge on any atom is -1.00 e. The number of rotatable bonds is 8. The molecular formula is C36H30Cl2O2P2S2Zr. The van der Waals surface area contributed by atoms with E-state index in [1.165, 1.54) is 21.2 Å². The fraction of sp³-hybridized carbons (Fsp3) is 0. The van der Waals surface area contributed by atoms with Crippen LogP contribution >= 0.6 is 37.0 Å². The first-order valence-corrected chi connectivity index (χ1v) is 18.9. The fourth-order valence-electron chi connectivity index (χ4n) is 4.03. The minimum atomic E-state index is -0.587. The Morgan fingerprint density at radius 2 is 0.556 bits per heavy atom. The quantitative estimate of drug-likeness (QED) is 0.233. The smallest absolute Gasteiger partial charge is 1.00 e. The van der Waals surface area contributed by atoms with Gasteiger partial charge in [-0.15, -0.1) is 0 Å². The van der Waals surface area contributed by atoms with Crippen molar-refractivity contribution in [3.63, 3.8) is 0 Å². The molecule has 0 saturated heterocycles. The van der Waals surface area contributed by atoms with Crippen molar-refractivity contribution in [2.45, 2.75) is 9.79 Å². The summed E-state index contributed by atoms with van der Waals surface area (Å²) in [4.78, 5) is 1.85. The number of hydrogen-bond donors (Lipinski definition) is 2. The van der Waals surface area contributed by atoms with Crippen molar-refractivity contribution in [1.29, 1.82) is 0 Å². The van der Waals surface area contributed by atoms with Gasteiger partial charge in [-0.3, -0.25) is 0 Å². The number of halogens is 2. The standard InChI is InChI=1S/2C18H15OPS.2ClH.Zr/c2*19-17-13-7-8-14-18(17)21-20(15-9-3-1-4-10-15)16-11-5-2-6-12-16;;;/h2*1-14,19H;2*1H;/q;;;;+2/p-2. The van der Waals surface area contributed by atoms with E-state index in [0.29, 0.717) is 11.5 Å². The van der Waals surface area contributed by atoms with Gasteiger partial charge in [0.15, 0.2) is 0 Å². The van der Waals surface area contributed by atoms with E-state index in [0.717, 1.165) is 9.79 Å². The zero-order valence-corrected chi connectivity index (χ0v) is 31.4. The zero-order chi connectivity index (χ0) is 29.0. The first-order chi connectivity index (χ1) is 20.7. The minimum absolute atomic E-state index is 0. The van der Waals surface area contributed by atoms with Crippen molar-refractivity contribution in [3.8, 4) is 11.5 Å². The van der Waals surface area contributed by atoms with Gasteiger partial charge in [0.2, 0.25) is 0 Å². The molecule has 9 heteroatoms. The van der Waals surface area contributed by atoms with Gasteiger partial charge in [0.1, 0.15) is 11.5 Å². The van der Waals surface area contributed by atoms with Crippen LogP contribution in [0.5, 0.6) is 11.5 Å². The molecule has 0 amide bonds. The van der Waals surface area contributed by atoms with Crippen LogP contribution in [-0.4, -0.2) is 10.2 Å². The summed E-state index contributed by atoms with van der Waals surface area (Å²) < 4.78 is 0.